The van der Waals surface area contributed by atoms with E-state index in [2.05, 4.69) is 10.6 Å². The summed E-state index contributed by atoms with van der Waals surface area (Å²) in [5, 5.41) is 14.7. The number of rotatable bonds is 7. The molecule has 2 rings (SSSR count). The molecule has 0 aliphatic carbocycles. The number of piperazine rings is 1. The Balaban J connectivity index is 1.91. The Bertz CT molecular complexity index is 591. The van der Waals surface area contributed by atoms with Gasteiger partial charge in [0.25, 0.3) is 0 Å². The summed E-state index contributed by atoms with van der Waals surface area (Å²) in [4.78, 5) is 25.8. The van der Waals surface area contributed by atoms with Crippen LogP contribution >= 0.6 is 0 Å². The Labute approximate surface area is 148 Å². The third-order valence-electron chi connectivity index (χ3n) is 4.00. The van der Waals surface area contributed by atoms with E-state index in [0.29, 0.717) is 26.1 Å². The average molecular weight is 349 g/mol. The van der Waals surface area contributed by atoms with Crippen LogP contribution in [0.15, 0.2) is 24.3 Å². The molecule has 1 aromatic carbocycles. The molecule has 3 amide bonds. The summed E-state index contributed by atoms with van der Waals surface area (Å²) in [6.07, 6.45) is 0.964. The molecule has 3 N–H and O–H groups in total. The largest absolute Gasteiger partial charge is 0.491 e. The summed E-state index contributed by atoms with van der Waals surface area (Å²) < 4.78 is 5.78. The minimum absolute atomic E-state index is 0.0850. The molecule has 25 heavy (non-hydrogen) atoms. The Hall–Kier alpha value is -2.28. The van der Waals surface area contributed by atoms with E-state index in [4.69, 9.17) is 9.84 Å². The van der Waals surface area contributed by atoms with Gasteiger partial charge in [-0.3, -0.25) is 4.79 Å². The lowest BCUT2D eigenvalue weighted by atomic mass is 10.1. The summed E-state index contributed by atoms with van der Waals surface area (Å²) in [5.41, 5.74) is 1.03. The molecule has 0 radical (unpaired) electrons. The molecule has 1 saturated heterocycles. The molecule has 1 aliphatic rings. The number of hydrogen-bond donors (Lipinski definition) is 3. The molecule has 1 aliphatic heterocycles. The van der Waals surface area contributed by atoms with Crippen molar-refractivity contribution in [2.24, 2.45) is 0 Å². The highest BCUT2D eigenvalue weighted by Crippen LogP contribution is 2.19. The second kappa shape index (κ2) is 9.27. The van der Waals surface area contributed by atoms with Gasteiger partial charge in [0.2, 0.25) is 5.91 Å². The van der Waals surface area contributed by atoms with Crippen LogP contribution in [0.2, 0.25) is 0 Å². The highest BCUT2D eigenvalue weighted by molar-refractivity contribution is 5.88. The van der Waals surface area contributed by atoms with Gasteiger partial charge in [-0.2, -0.15) is 0 Å². The topological polar surface area (TPSA) is 90.9 Å². The molecule has 1 fully saturated rings. The first kappa shape index (κ1) is 19.1. The third kappa shape index (κ3) is 5.35. The van der Waals surface area contributed by atoms with Crippen molar-refractivity contribution >= 4 is 11.9 Å². The predicted molar refractivity (Wildman–Crippen MR) is 94.5 cm³/mol. The SMILES string of the molecule is CC(C)Oc1ccccc1CCNC(=O)N1CCNC(=O)[C@@H]1CCO. The number of amides is 3. The maximum atomic E-state index is 12.4. The van der Waals surface area contributed by atoms with Crippen molar-refractivity contribution in [3.63, 3.8) is 0 Å². The number of urea groups is 1. The van der Waals surface area contributed by atoms with Crippen LogP contribution in [0.4, 0.5) is 4.79 Å². The van der Waals surface area contributed by atoms with E-state index in [1.165, 1.54) is 4.90 Å². The van der Waals surface area contributed by atoms with Crippen molar-refractivity contribution in [2.45, 2.75) is 38.8 Å². The van der Waals surface area contributed by atoms with Gasteiger partial charge in [-0.15, -0.1) is 0 Å². The van der Waals surface area contributed by atoms with Crippen LogP contribution in [-0.2, 0) is 11.2 Å². The fourth-order valence-corrected chi connectivity index (χ4v) is 2.85. The summed E-state index contributed by atoms with van der Waals surface area (Å²) in [7, 11) is 0. The van der Waals surface area contributed by atoms with Crippen molar-refractivity contribution in [3.8, 4) is 5.75 Å². The van der Waals surface area contributed by atoms with E-state index >= 15 is 0 Å². The zero-order chi connectivity index (χ0) is 18.2. The minimum atomic E-state index is -0.615. The van der Waals surface area contributed by atoms with Gasteiger partial charge in [0, 0.05) is 26.2 Å². The van der Waals surface area contributed by atoms with Crippen molar-refractivity contribution in [3.05, 3.63) is 29.8 Å². The molecule has 1 atom stereocenters. The highest BCUT2D eigenvalue weighted by atomic mass is 16.5. The molecule has 138 valence electrons. The normalized spacial score (nSPS) is 17.4. The molecular formula is C18H27N3O4. The highest BCUT2D eigenvalue weighted by Gasteiger charge is 2.32. The fourth-order valence-electron chi connectivity index (χ4n) is 2.85. The summed E-state index contributed by atoms with van der Waals surface area (Å²) in [6.45, 7) is 5.13. The maximum absolute atomic E-state index is 12.4. The number of nitrogens with one attached hydrogen (secondary N) is 2. The number of carbonyl (C=O) groups is 2. The maximum Gasteiger partial charge on any atom is 0.318 e. The van der Waals surface area contributed by atoms with Crippen LogP contribution in [0.1, 0.15) is 25.8 Å². The van der Waals surface area contributed by atoms with Crippen molar-refractivity contribution < 1.29 is 19.4 Å². The van der Waals surface area contributed by atoms with E-state index in [1.807, 2.05) is 38.1 Å². The van der Waals surface area contributed by atoms with Gasteiger partial charge >= 0.3 is 6.03 Å². The van der Waals surface area contributed by atoms with Gasteiger partial charge in [0.15, 0.2) is 0 Å². The third-order valence-corrected chi connectivity index (χ3v) is 4.00. The summed E-state index contributed by atoms with van der Waals surface area (Å²) >= 11 is 0. The van der Waals surface area contributed by atoms with Gasteiger partial charge in [0.1, 0.15) is 11.8 Å². The first-order valence-electron chi connectivity index (χ1n) is 8.70. The molecule has 0 aromatic heterocycles. The Morgan fingerprint density at radius 3 is 2.92 bits per heavy atom. The smallest absolute Gasteiger partial charge is 0.318 e. The molecule has 7 nitrogen and oxygen atoms in total. The van der Waals surface area contributed by atoms with E-state index in [-0.39, 0.29) is 31.1 Å². The van der Waals surface area contributed by atoms with E-state index in [1.54, 1.807) is 0 Å². The fraction of sp³-hybridized carbons (Fsp3) is 0.556. The molecule has 1 aromatic rings. The zero-order valence-corrected chi connectivity index (χ0v) is 14.8. The van der Waals surface area contributed by atoms with Crippen molar-refractivity contribution in [1.29, 1.82) is 0 Å². The number of aliphatic hydroxyl groups excluding tert-OH is 1. The zero-order valence-electron chi connectivity index (χ0n) is 14.8. The number of aliphatic hydroxyl groups is 1. The number of hydrogen-bond acceptors (Lipinski definition) is 4. The Kier molecular flexibility index (Phi) is 7.06. The van der Waals surface area contributed by atoms with E-state index < -0.39 is 6.04 Å². The van der Waals surface area contributed by atoms with Crippen LogP contribution < -0.4 is 15.4 Å². The Morgan fingerprint density at radius 2 is 2.20 bits per heavy atom. The average Bonchev–Trinajstić information content (AvgIpc) is 2.58. The van der Waals surface area contributed by atoms with Crippen LogP contribution in [0.3, 0.4) is 0 Å². The standard InChI is InChI=1S/C18H27N3O4/c1-13(2)25-16-6-4-3-5-14(16)7-9-20-18(24)21-11-10-19-17(23)15(21)8-12-22/h3-6,13,15,22H,7-12H2,1-2H3,(H,19,23)(H,20,24)/t15-/m0/s1. The molecular weight excluding hydrogens is 322 g/mol. The van der Waals surface area contributed by atoms with Gasteiger partial charge in [-0.05, 0) is 38.3 Å². The van der Waals surface area contributed by atoms with Crippen LogP contribution in [0.25, 0.3) is 0 Å². The molecule has 1 heterocycles. The second-order valence-corrected chi connectivity index (χ2v) is 6.27. The van der Waals surface area contributed by atoms with Gasteiger partial charge < -0.3 is 25.4 Å². The Morgan fingerprint density at radius 1 is 1.44 bits per heavy atom. The minimum Gasteiger partial charge on any atom is -0.491 e. The van der Waals surface area contributed by atoms with Crippen LogP contribution in [0.5, 0.6) is 5.75 Å². The van der Waals surface area contributed by atoms with Crippen molar-refractivity contribution in [1.82, 2.24) is 15.5 Å². The molecule has 0 bridgehead atoms. The quantitative estimate of drug-likeness (QED) is 0.682. The molecule has 0 spiro atoms. The molecule has 7 heteroatoms. The van der Waals surface area contributed by atoms with E-state index in [9.17, 15) is 9.59 Å². The summed E-state index contributed by atoms with van der Waals surface area (Å²) in [6, 6.07) is 6.86. The van der Waals surface area contributed by atoms with Gasteiger partial charge in [-0.1, -0.05) is 18.2 Å². The lowest BCUT2D eigenvalue weighted by Gasteiger charge is -2.34. The lowest BCUT2D eigenvalue weighted by Crippen LogP contribution is -2.59. The van der Waals surface area contributed by atoms with Gasteiger partial charge in [0.05, 0.1) is 6.10 Å². The number of nitrogens with zero attached hydrogens (tertiary/aromatic N) is 1. The van der Waals surface area contributed by atoms with Crippen LogP contribution in [0, 0.1) is 0 Å². The number of para-hydroxylation sites is 1. The predicted octanol–water partition coefficient (Wildman–Crippen LogP) is 0.909. The number of carbonyl (C=O) groups excluding carboxylic acids is 2. The van der Waals surface area contributed by atoms with E-state index in [0.717, 1.165) is 11.3 Å². The second-order valence-electron chi connectivity index (χ2n) is 6.27. The number of benzene rings is 1. The monoisotopic (exact) mass is 349 g/mol. The molecule has 0 saturated carbocycles. The molecule has 0 unspecified atom stereocenters. The lowest BCUT2D eigenvalue weighted by molar-refractivity contribution is -0.128. The van der Waals surface area contributed by atoms with Crippen LogP contribution in [-0.4, -0.2) is 60.3 Å². The first-order chi connectivity index (χ1) is 12.0. The number of ether oxygens (including phenoxy) is 1. The van der Waals surface area contributed by atoms with Crippen molar-refractivity contribution in [2.75, 3.05) is 26.2 Å². The summed E-state index contributed by atoms with van der Waals surface area (Å²) in [5.74, 6) is 0.605. The first-order valence-corrected chi connectivity index (χ1v) is 8.70. The van der Waals surface area contributed by atoms with Gasteiger partial charge in [-0.25, -0.2) is 4.79 Å².